The number of halogens is 1. The molecule has 6 heteroatoms. The molecule has 174 valence electrons. The highest BCUT2D eigenvalue weighted by atomic mass is 19.1. The number of benzene rings is 2. The van der Waals surface area contributed by atoms with E-state index >= 15 is 0 Å². The fraction of sp³-hybridized carbons (Fsp3) is 0.370. The van der Waals surface area contributed by atoms with E-state index in [9.17, 15) is 14.3 Å². The number of hydrogen-bond acceptors (Lipinski definition) is 4. The van der Waals surface area contributed by atoms with Crippen molar-refractivity contribution >= 4 is 22.9 Å². The summed E-state index contributed by atoms with van der Waals surface area (Å²) in [4.78, 5) is 17.0. The summed E-state index contributed by atoms with van der Waals surface area (Å²) in [5, 5.41) is 12.0. The topological polar surface area (TPSA) is 65.6 Å². The van der Waals surface area contributed by atoms with Gasteiger partial charge >= 0.3 is 5.97 Å². The van der Waals surface area contributed by atoms with E-state index < -0.39 is 11.6 Å². The summed E-state index contributed by atoms with van der Waals surface area (Å²) in [7, 11) is 1.31. The minimum Gasteiger partial charge on any atom is -0.466 e. The fourth-order valence-electron chi connectivity index (χ4n) is 4.77. The number of aromatic amines is 1. The van der Waals surface area contributed by atoms with E-state index in [1.54, 1.807) is 12.1 Å². The number of fused-ring (bicyclic) bond motifs is 1. The Hall–Kier alpha value is -2.96. The van der Waals surface area contributed by atoms with E-state index in [-0.39, 0.29) is 11.7 Å². The molecule has 0 radical (unpaired) electrons. The van der Waals surface area contributed by atoms with Gasteiger partial charge in [0.15, 0.2) is 0 Å². The number of rotatable bonds is 6. The van der Waals surface area contributed by atoms with Crippen molar-refractivity contribution in [1.29, 1.82) is 0 Å². The maximum absolute atomic E-state index is 14.8. The molecule has 0 bridgehead atoms. The molecule has 4 rings (SSSR count). The molecular formula is C27H31FN2O3. The third kappa shape index (κ3) is 5.18. The molecule has 2 heterocycles. The molecular weight excluding hydrogens is 419 g/mol. The number of methoxy groups -OCH3 is 1. The summed E-state index contributed by atoms with van der Waals surface area (Å²) >= 11 is 0. The molecule has 1 fully saturated rings. The van der Waals surface area contributed by atoms with Crippen LogP contribution < -0.4 is 0 Å². The second kappa shape index (κ2) is 9.49. The first-order valence-corrected chi connectivity index (χ1v) is 11.4. The molecule has 1 aromatic heterocycles. The lowest BCUT2D eigenvalue weighted by Gasteiger charge is -2.34. The van der Waals surface area contributed by atoms with Crippen LogP contribution >= 0.6 is 0 Å². The van der Waals surface area contributed by atoms with E-state index in [4.69, 9.17) is 0 Å². The Bertz CT molecular complexity index is 1180. The molecule has 2 aromatic carbocycles. The maximum Gasteiger partial charge on any atom is 0.330 e. The number of nitrogens with one attached hydrogen (secondary N) is 1. The van der Waals surface area contributed by atoms with E-state index in [0.29, 0.717) is 17.7 Å². The number of aromatic nitrogens is 1. The zero-order chi connectivity index (χ0) is 23.6. The summed E-state index contributed by atoms with van der Waals surface area (Å²) in [5.41, 5.74) is 3.34. The van der Waals surface area contributed by atoms with E-state index in [1.807, 2.05) is 38.1 Å². The third-order valence-electron chi connectivity index (χ3n) is 6.36. The number of likely N-dealkylation sites (tertiary alicyclic amines) is 1. The van der Waals surface area contributed by atoms with Gasteiger partial charge in [0, 0.05) is 35.6 Å². The lowest BCUT2D eigenvalue weighted by Crippen LogP contribution is -2.35. The average Bonchev–Trinajstić information content (AvgIpc) is 3.19. The van der Waals surface area contributed by atoms with Crippen LogP contribution in [-0.4, -0.2) is 41.2 Å². The second-order valence-corrected chi connectivity index (χ2v) is 9.30. The van der Waals surface area contributed by atoms with Crippen molar-refractivity contribution in [2.75, 3.05) is 20.2 Å². The van der Waals surface area contributed by atoms with Crippen LogP contribution in [0, 0.1) is 5.82 Å². The first-order chi connectivity index (χ1) is 15.8. The molecule has 1 aliphatic heterocycles. The first kappa shape index (κ1) is 23.2. The molecule has 0 aliphatic carbocycles. The molecule has 1 aliphatic rings. The molecule has 33 heavy (non-hydrogen) atoms. The van der Waals surface area contributed by atoms with Gasteiger partial charge in [-0.2, -0.15) is 0 Å². The molecule has 0 saturated carbocycles. The van der Waals surface area contributed by atoms with Crippen molar-refractivity contribution in [1.82, 2.24) is 9.88 Å². The van der Waals surface area contributed by atoms with Crippen LogP contribution in [0.5, 0.6) is 0 Å². The Morgan fingerprint density at radius 1 is 1.30 bits per heavy atom. The van der Waals surface area contributed by atoms with Gasteiger partial charge in [-0.15, -0.1) is 0 Å². The smallest absolute Gasteiger partial charge is 0.330 e. The number of nitrogens with zero attached hydrogens (tertiary/aromatic N) is 1. The molecule has 5 nitrogen and oxygen atoms in total. The lowest BCUT2D eigenvalue weighted by molar-refractivity contribution is -0.134. The Morgan fingerprint density at radius 2 is 2.09 bits per heavy atom. The lowest BCUT2D eigenvalue weighted by atomic mass is 9.85. The third-order valence-corrected chi connectivity index (χ3v) is 6.36. The quantitative estimate of drug-likeness (QED) is 0.405. The van der Waals surface area contributed by atoms with Crippen molar-refractivity contribution in [3.8, 4) is 0 Å². The zero-order valence-corrected chi connectivity index (χ0v) is 19.4. The summed E-state index contributed by atoms with van der Waals surface area (Å²) in [6.07, 6.45) is 4.87. The van der Waals surface area contributed by atoms with Gasteiger partial charge in [-0.1, -0.05) is 30.3 Å². The highest BCUT2D eigenvalue weighted by Crippen LogP contribution is 2.39. The predicted molar refractivity (Wildman–Crippen MR) is 128 cm³/mol. The molecule has 1 atom stereocenters. The van der Waals surface area contributed by atoms with Gasteiger partial charge in [0.2, 0.25) is 0 Å². The van der Waals surface area contributed by atoms with Gasteiger partial charge in [-0.3, -0.25) is 4.90 Å². The standard InChI is InChI=1S/C27H31FN2O3/c1-27(2,32)26-25(21-8-4-5-9-23(21)29-26)20-7-6-14-30(17-20)16-19-12-10-18(15-22(19)28)11-13-24(31)33-3/h4-5,8-13,15,20,29,32H,6-7,14,16-17H2,1-3H3. The fourth-order valence-corrected chi connectivity index (χ4v) is 4.77. The van der Waals surface area contributed by atoms with Crippen molar-refractivity contribution in [2.45, 2.75) is 44.8 Å². The second-order valence-electron chi connectivity index (χ2n) is 9.30. The maximum atomic E-state index is 14.8. The Kier molecular flexibility index (Phi) is 6.68. The summed E-state index contributed by atoms with van der Waals surface area (Å²) in [5.74, 6) is -0.503. The largest absolute Gasteiger partial charge is 0.466 e. The average molecular weight is 451 g/mol. The molecule has 3 aromatic rings. The highest BCUT2D eigenvalue weighted by Gasteiger charge is 2.31. The normalized spacial score (nSPS) is 17.7. The van der Waals surface area contributed by atoms with Crippen LogP contribution in [0.15, 0.2) is 48.5 Å². The minimum atomic E-state index is -0.976. The molecule has 0 amide bonds. The van der Waals surface area contributed by atoms with Gasteiger partial charge in [0.1, 0.15) is 5.82 Å². The van der Waals surface area contributed by atoms with Gasteiger partial charge in [-0.05, 0) is 68.5 Å². The van der Waals surface area contributed by atoms with Crippen LogP contribution in [0.3, 0.4) is 0 Å². The number of H-pyrrole nitrogens is 1. The molecule has 2 N–H and O–H groups in total. The van der Waals surface area contributed by atoms with Crippen LogP contribution in [0.1, 0.15) is 55.0 Å². The number of hydrogen-bond donors (Lipinski definition) is 2. The van der Waals surface area contributed by atoms with Crippen LogP contribution in [0.4, 0.5) is 4.39 Å². The van der Waals surface area contributed by atoms with E-state index in [1.165, 1.54) is 24.8 Å². The number of para-hydroxylation sites is 1. The summed E-state index contributed by atoms with van der Waals surface area (Å²) in [6, 6.07) is 13.2. The SMILES string of the molecule is COC(=O)C=Cc1ccc(CN2CCCC(c3c(C(C)(C)O)[nH]c4ccccc34)C2)c(F)c1. The van der Waals surface area contributed by atoms with Gasteiger partial charge in [-0.25, -0.2) is 9.18 Å². The van der Waals surface area contributed by atoms with E-state index in [0.717, 1.165) is 42.5 Å². The van der Waals surface area contributed by atoms with E-state index in [2.05, 4.69) is 20.7 Å². The Labute approximate surface area is 193 Å². The van der Waals surface area contributed by atoms with Crippen LogP contribution in [0.2, 0.25) is 0 Å². The molecule has 1 unspecified atom stereocenters. The number of aliphatic hydroxyl groups is 1. The highest BCUT2D eigenvalue weighted by molar-refractivity contribution is 5.87. The van der Waals surface area contributed by atoms with Crippen molar-refractivity contribution in [2.24, 2.45) is 0 Å². The number of esters is 1. The number of carbonyl (C=O) groups excluding carboxylic acids is 1. The Balaban J connectivity index is 1.55. The van der Waals surface area contributed by atoms with Crippen LogP contribution in [0.25, 0.3) is 17.0 Å². The van der Waals surface area contributed by atoms with Gasteiger partial charge < -0.3 is 14.8 Å². The predicted octanol–water partition coefficient (Wildman–Crippen LogP) is 5.10. The minimum absolute atomic E-state index is 0.252. The summed E-state index contributed by atoms with van der Waals surface area (Å²) < 4.78 is 19.4. The number of piperidine rings is 1. The Morgan fingerprint density at radius 3 is 2.82 bits per heavy atom. The number of ether oxygens (including phenoxy) is 1. The first-order valence-electron chi connectivity index (χ1n) is 11.4. The molecule has 1 saturated heterocycles. The van der Waals surface area contributed by atoms with Crippen molar-refractivity contribution in [3.63, 3.8) is 0 Å². The number of carbonyl (C=O) groups is 1. The van der Waals surface area contributed by atoms with Crippen molar-refractivity contribution in [3.05, 3.63) is 76.7 Å². The van der Waals surface area contributed by atoms with Gasteiger partial charge in [0.25, 0.3) is 0 Å². The summed E-state index contributed by atoms with van der Waals surface area (Å²) in [6.45, 7) is 5.85. The van der Waals surface area contributed by atoms with Crippen LogP contribution in [-0.2, 0) is 21.7 Å². The van der Waals surface area contributed by atoms with Gasteiger partial charge in [0.05, 0.1) is 18.4 Å². The monoisotopic (exact) mass is 450 g/mol. The molecule has 0 spiro atoms. The van der Waals surface area contributed by atoms with Crippen molar-refractivity contribution < 1.29 is 19.0 Å². The zero-order valence-electron chi connectivity index (χ0n) is 19.4.